The molecule has 0 aromatic heterocycles. The average Bonchev–Trinajstić information content (AvgIpc) is 2.88. The van der Waals surface area contributed by atoms with Gasteiger partial charge in [-0.15, -0.1) is 0 Å². The molecule has 3 aromatic carbocycles. The van der Waals surface area contributed by atoms with Crippen LogP contribution in [0.4, 0.5) is 16.2 Å². The second-order valence-corrected chi connectivity index (χ2v) is 9.43. The Morgan fingerprint density at radius 2 is 1.41 bits per heavy atom. The molecule has 4 rings (SSSR count). The molecule has 0 aliphatic carbocycles. The third kappa shape index (κ3) is 5.02. The van der Waals surface area contributed by atoms with Crippen LogP contribution in [0.25, 0.3) is 6.08 Å². The highest BCUT2D eigenvalue weighted by Gasteiger charge is 2.44. The number of barbiturate groups is 1. The summed E-state index contributed by atoms with van der Waals surface area (Å²) in [5.41, 5.74) is 2.66. The number of hydrogen-bond donors (Lipinski definition) is 0. The van der Waals surface area contributed by atoms with Crippen LogP contribution in [0.1, 0.15) is 30.0 Å². The Morgan fingerprint density at radius 1 is 0.865 bits per heavy atom. The van der Waals surface area contributed by atoms with E-state index in [9.17, 15) is 14.4 Å². The van der Waals surface area contributed by atoms with E-state index in [1.165, 1.54) is 13.2 Å². The highest BCUT2D eigenvalue weighted by Crippen LogP contribution is 2.38. The van der Waals surface area contributed by atoms with Crippen molar-refractivity contribution < 1.29 is 23.9 Å². The summed E-state index contributed by atoms with van der Waals surface area (Å²) >= 11 is 3.51. The number of benzene rings is 3. The maximum absolute atomic E-state index is 13.7. The first-order chi connectivity index (χ1) is 17.8. The lowest BCUT2D eigenvalue weighted by atomic mass is 10.0. The van der Waals surface area contributed by atoms with E-state index in [0.29, 0.717) is 39.5 Å². The average molecular weight is 563 g/mol. The molecule has 1 saturated heterocycles. The van der Waals surface area contributed by atoms with Gasteiger partial charge in [0.25, 0.3) is 11.8 Å². The molecule has 1 aliphatic heterocycles. The fourth-order valence-electron chi connectivity index (χ4n) is 4.12. The summed E-state index contributed by atoms with van der Waals surface area (Å²) in [6.45, 7) is 6.13. The molecular formula is C29H27BrN2O5. The second-order valence-electron chi connectivity index (χ2n) is 8.58. The van der Waals surface area contributed by atoms with Crippen LogP contribution >= 0.6 is 15.9 Å². The lowest BCUT2D eigenvalue weighted by Gasteiger charge is -2.35. The largest absolute Gasteiger partial charge is 0.493 e. The Hall–Kier alpha value is -3.91. The normalized spacial score (nSPS) is 13.8. The van der Waals surface area contributed by atoms with E-state index in [1.54, 1.807) is 36.4 Å². The Bertz CT molecular complexity index is 1350. The van der Waals surface area contributed by atoms with E-state index in [2.05, 4.69) is 15.9 Å². The summed E-state index contributed by atoms with van der Waals surface area (Å²) in [7, 11) is 1.52. The van der Waals surface area contributed by atoms with Crippen LogP contribution in [0.15, 0.2) is 70.7 Å². The summed E-state index contributed by atoms with van der Waals surface area (Å²) < 4.78 is 11.9. The van der Waals surface area contributed by atoms with Crippen molar-refractivity contribution in [1.82, 2.24) is 0 Å². The second kappa shape index (κ2) is 11.0. The molecule has 190 valence electrons. The number of halogens is 1. The highest BCUT2D eigenvalue weighted by molar-refractivity contribution is 9.10. The van der Waals surface area contributed by atoms with Crippen molar-refractivity contribution in [2.24, 2.45) is 0 Å². The van der Waals surface area contributed by atoms with Gasteiger partial charge in [-0.25, -0.2) is 14.6 Å². The number of urea groups is 1. The molecule has 1 fully saturated rings. The van der Waals surface area contributed by atoms with Crippen LogP contribution in [-0.4, -0.2) is 31.6 Å². The number of carbonyl (C=O) groups is 3. The molecular weight excluding hydrogens is 536 g/mol. The number of amides is 4. The third-order valence-corrected chi connectivity index (χ3v) is 6.56. The minimum absolute atomic E-state index is 0.151. The van der Waals surface area contributed by atoms with Gasteiger partial charge in [-0.3, -0.25) is 9.59 Å². The molecule has 0 unspecified atom stereocenters. The predicted molar refractivity (Wildman–Crippen MR) is 147 cm³/mol. The molecule has 0 saturated carbocycles. The third-order valence-electron chi connectivity index (χ3n) is 5.98. The van der Waals surface area contributed by atoms with Gasteiger partial charge >= 0.3 is 6.03 Å². The monoisotopic (exact) mass is 562 g/mol. The van der Waals surface area contributed by atoms with Crippen LogP contribution < -0.4 is 19.3 Å². The van der Waals surface area contributed by atoms with Gasteiger partial charge in [-0.1, -0.05) is 43.3 Å². The van der Waals surface area contributed by atoms with E-state index in [0.717, 1.165) is 27.3 Å². The van der Waals surface area contributed by atoms with Crippen molar-refractivity contribution >= 4 is 51.2 Å². The van der Waals surface area contributed by atoms with Gasteiger partial charge in [0, 0.05) is 0 Å². The van der Waals surface area contributed by atoms with Crippen molar-refractivity contribution in [3.63, 3.8) is 0 Å². The molecule has 4 amide bonds. The predicted octanol–water partition coefficient (Wildman–Crippen LogP) is 6.45. The Kier molecular flexibility index (Phi) is 7.78. The van der Waals surface area contributed by atoms with Crippen molar-refractivity contribution in [3.05, 3.63) is 87.4 Å². The molecule has 0 spiro atoms. The number of carbonyl (C=O) groups excluding carboxylic acids is 3. The lowest BCUT2D eigenvalue weighted by molar-refractivity contribution is -0.121. The van der Waals surface area contributed by atoms with Crippen LogP contribution in [-0.2, 0) is 9.59 Å². The van der Waals surface area contributed by atoms with E-state index in [4.69, 9.17) is 9.47 Å². The van der Waals surface area contributed by atoms with E-state index in [1.807, 2.05) is 45.0 Å². The number of para-hydroxylation sites is 2. The standard InChI is InChI=1S/C29H27BrN2O5/c1-5-14-37-26-22(30)16-20(17-25(26)36-4)15-21-27(33)31(23-12-8-6-10-18(23)2)29(35)32(28(21)34)24-13-9-7-11-19(24)3/h6-13,15-17H,5,14H2,1-4H3. The van der Waals surface area contributed by atoms with Crippen LogP contribution in [0.3, 0.4) is 0 Å². The first kappa shape index (κ1) is 26.2. The molecule has 8 heteroatoms. The molecule has 37 heavy (non-hydrogen) atoms. The smallest absolute Gasteiger partial charge is 0.343 e. The van der Waals surface area contributed by atoms with Gasteiger partial charge in [0.1, 0.15) is 5.57 Å². The van der Waals surface area contributed by atoms with Gasteiger partial charge in [0.15, 0.2) is 11.5 Å². The SMILES string of the molecule is CCCOc1c(Br)cc(C=C2C(=O)N(c3ccccc3C)C(=O)N(c3ccccc3C)C2=O)cc1OC. The Morgan fingerprint density at radius 3 is 1.89 bits per heavy atom. The molecule has 0 N–H and O–H groups in total. The number of ether oxygens (including phenoxy) is 2. The quantitative estimate of drug-likeness (QED) is 0.244. The zero-order valence-electron chi connectivity index (χ0n) is 21.1. The van der Waals surface area contributed by atoms with Crippen LogP contribution in [0.2, 0.25) is 0 Å². The van der Waals surface area contributed by atoms with E-state index >= 15 is 0 Å². The van der Waals surface area contributed by atoms with Crippen molar-refractivity contribution in [1.29, 1.82) is 0 Å². The highest BCUT2D eigenvalue weighted by atomic mass is 79.9. The van der Waals surface area contributed by atoms with Gasteiger partial charge in [0.2, 0.25) is 0 Å². The number of methoxy groups -OCH3 is 1. The minimum atomic E-state index is -0.724. The molecule has 3 aromatic rings. The summed E-state index contributed by atoms with van der Waals surface area (Å²) in [5, 5.41) is 0. The summed E-state index contributed by atoms with van der Waals surface area (Å²) in [6.07, 6.45) is 2.30. The Balaban J connectivity index is 1.89. The van der Waals surface area contributed by atoms with E-state index < -0.39 is 17.8 Å². The first-order valence-electron chi connectivity index (χ1n) is 11.8. The molecule has 0 bridgehead atoms. The lowest BCUT2D eigenvalue weighted by Crippen LogP contribution is -2.57. The number of rotatable bonds is 7. The first-order valence-corrected chi connectivity index (χ1v) is 12.6. The van der Waals surface area contributed by atoms with Gasteiger partial charge < -0.3 is 9.47 Å². The number of aryl methyl sites for hydroxylation is 2. The summed E-state index contributed by atoms with van der Waals surface area (Å²) in [6, 6.07) is 16.9. The molecule has 0 radical (unpaired) electrons. The van der Waals surface area contributed by atoms with Gasteiger partial charge in [-0.05, 0) is 83.2 Å². The summed E-state index contributed by atoms with van der Waals surface area (Å²) in [5.74, 6) is -0.412. The zero-order chi connectivity index (χ0) is 26.7. The zero-order valence-corrected chi connectivity index (χ0v) is 22.7. The maximum Gasteiger partial charge on any atom is 0.343 e. The molecule has 0 atom stereocenters. The van der Waals surface area contributed by atoms with Gasteiger partial charge in [0.05, 0.1) is 29.6 Å². The van der Waals surface area contributed by atoms with Crippen LogP contribution in [0, 0.1) is 13.8 Å². The number of imide groups is 2. The topological polar surface area (TPSA) is 76.2 Å². The molecule has 1 heterocycles. The summed E-state index contributed by atoms with van der Waals surface area (Å²) in [4.78, 5) is 43.3. The maximum atomic E-state index is 13.7. The number of nitrogens with zero attached hydrogens (tertiary/aromatic N) is 2. The van der Waals surface area contributed by atoms with E-state index in [-0.39, 0.29) is 5.57 Å². The van der Waals surface area contributed by atoms with Crippen LogP contribution in [0.5, 0.6) is 11.5 Å². The van der Waals surface area contributed by atoms with Crippen molar-refractivity contribution in [2.75, 3.05) is 23.5 Å². The molecule has 1 aliphatic rings. The fourth-order valence-corrected chi connectivity index (χ4v) is 4.69. The number of anilines is 2. The number of hydrogen-bond acceptors (Lipinski definition) is 5. The van der Waals surface area contributed by atoms with Crippen molar-refractivity contribution in [2.45, 2.75) is 27.2 Å². The molecule has 7 nitrogen and oxygen atoms in total. The minimum Gasteiger partial charge on any atom is -0.493 e. The van der Waals surface area contributed by atoms with Crippen molar-refractivity contribution in [3.8, 4) is 11.5 Å². The van der Waals surface area contributed by atoms with Gasteiger partial charge in [-0.2, -0.15) is 0 Å². The fraction of sp³-hybridized carbons (Fsp3) is 0.207. The Labute approximate surface area is 224 Å².